The van der Waals surface area contributed by atoms with Crippen LogP contribution in [0.3, 0.4) is 0 Å². The van der Waals surface area contributed by atoms with Gasteiger partial charge in [0.1, 0.15) is 0 Å². The molecule has 0 heterocycles. The van der Waals surface area contributed by atoms with E-state index in [1.165, 1.54) is 11.1 Å². The lowest BCUT2D eigenvalue weighted by atomic mass is 10.1. The number of allylic oxidation sites excluding steroid dienone is 1. The molecule has 1 aromatic rings. The summed E-state index contributed by atoms with van der Waals surface area (Å²) in [7, 11) is 6.00. The van der Waals surface area contributed by atoms with Gasteiger partial charge in [-0.05, 0) is 38.7 Å². The van der Waals surface area contributed by atoms with Gasteiger partial charge in [-0.3, -0.25) is 0 Å². The molecular weight excluding hydrogens is 206 g/mol. The molecule has 0 unspecified atom stereocenters. The second kappa shape index (κ2) is 8.51. The van der Waals surface area contributed by atoms with Crippen molar-refractivity contribution in [1.82, 2.24) is 4.90 Å². The molecule has 0 spiro atoms. The van der Waals surface area contributed by atoms with Crippen LogP contribution in [0.1, 0.15) is 11.1 Å². The van der Waals surface area contributed by atoms with Gasteiger partial charge in [0, 0.05) is 5.88 Å². The molecule has 0 aromatic heterocycles. The summed E-state index contributed by atoms with van der Waals surface area (Å²) in [6.45, 7) is 3.69. The lowest BCUT2D eigenvalue weighted by Crippen LogP contribution is -1.99. The Labute approximate surface area is 98.4 Å². The van der Waals surface area contributed by atoms with E-state index in [2.05, 4.69) is 12.6 Å². The Morgan fingerprint density at radius 2 is 1.67 bits per heavy atom. The van der Waals surface area contributed by atoms with Gasteiger partial charge < -0.3 is 4.90 Å². The average molecular weight is 226 g/mol. The quantitative estimate of drug-likeness (QED) is 0.564. The number of nitrogens with zero attached hydrogens (tertiary/aromatic N) is 1. The maximum Gasteiger partial charge on any atom is 0.0476 e. The van der Waals surface area contributed by atoms with Crippen LogP contribution >= 0.6 is 11.6 Å². The van der Waals surface area contributed by atoms with Gasteiger partial charge >= 0.3 is 0 Å². The highest BCUT2D eigenvalue weighted by Crippen LogP contribution is 2.11. The fourth-order valence-corrected chi connectivity index (χ4v) is 1.30. The molecule has 0 saturated heterocycles. The highest BCUT2D eigenvalue weighted by Gasteiger charge is 1.96. The molecule has 0 atom stereocenters. The van der Waals surface area contributed by atoms with E-state index in [4.69, 9.17) is 11.6 Å². The van der Waals surface area contributed by atoms with E-state index in [-0.39, 0.29) is 0 Å². The van der Waals surface area contributed by atoms with Crippen LogP contribution in [0.15, 0.2) is 36.9 Å². The lowest BCUT2D eigenvalue weighted by molar-refractivity contribution is 0.505. The third kappa shape index (κ3) is 7.18. The first-order valence-corrected chi connectivity index (χ1v) is 5.49. The Balaban J connectivity index is 0.000000423. The minimum Gasteiger partial charge on any atom is -0.312 e. The van der Waals surface area contributed by atoms with Crippen LogP contribution in [-0.2, 0) is 12.3 Å². The molecule has 1 rings (SSSR count). The zero-order valence-electron chi connectivity index (χ0n) is 9.83. The van der Waals surface area contributed by atoms with E-state index in [1.54, 1.807) is 0 Å². The van der Waals surface area contributed by atoms with Crippen LogP contribution in [0.25, 0.3) is 0 Å². The fraction of sp³-hybridized carbons (Fsp3) is 0.385. The van der Waals surface area contributed by atoms with Crippen molar-refractivity contribution < 1.29 is 0 Å². The summed E-state index contributed by atoms with van der Waals surface area (Å²) in [5.41, 5.74) is 2.48. The minimum atomic E-state index is 0.587. The van der Waals surface area contributed by atoms with Crippen LogP contribution in [0.5, 0.6) is 0 Å². The molecule has 15 heavy (non-hydrogen) atoms. The molecule has 0 aliphatic heterocycles. The van der Waals surface area contributed by atoms with Gasteiger partial charge in [0.25, 0.3) is 0 Å². The molecule has 1 nitrogen and oxygen atoms in total. The fourth-order valence-electron chi connectivity index (χ4n) is 1.04. The van der Waals surface area contributed by atoms with Crippen molar-refractivity contribution in [3.8, 4) is 0 Å². The molecule has 1 aromatic carbocycles. The molecule has 0 aliphatic rings. The maximum absolute atomic E-state index is 5.73. The van der Waals surface area contributed by atoms with E-state index >= 15 is 0 Å². The maximum atomic E-state index is 5.73. The van der Waals surface area contributed by atoms with Crippen LogP contribution < -0.4 is 0 Å². The Morgan fingerprint density at radius 1 is 1.20 bits per heavy atom. The second-order valence-electron chi connectivity index (χ2n) is 3.74. The Kier molecular flexibility index (Phi) is 8.06. The van der Waals surface area contributed by atoms with Crippen molar-refractivity contribution in [2.45, 2.75) is 12.3 Å². The van der Waals surface area contributed by atoms with Crippen LogP contribution in [-0.4, -0.2) is 26.0 Å². The second-order valence-corrected chi connectivity index (χ2v) is 4.00. The summed E-state index contributed by atoms with van der Waals surface area (Å²) in [6, 6.07) is 8.16. The van der Waals surface area contributed by atoms with E-state index in [1.807, 2.05) is 50.3 Å². The zero-order chi connectivity index (χ0) is 11.7. The van der Waals surface area contributed by atoms with Crippen LogP contribution in [0.4, 0.5) is 0 Å². The first kappa shape index (κ1) is 14.2. The van der Waals surface area contributed by atoms with Crippen LogP contribution in [0.2, 0.25) is 0 Å². The lowest BCUT2D eigenvalue weighted by Gasteiger charge is -2.02. The van der Waals surface area contributed by atoms with Crippen molar-refractivity contribution in [2.75, 3.05) is 21.1 Å². The van der Waals surface area contributed by atoms with E-state index in [0.29, 0.717) is 5.88 Å². The van der Waals surface area contributed by atoms with Crippen molar-refractivity contribution in [1.29, 1.82) is 0 Å². The Morgan fingerprint density at radius 3 is 2.07 bits per heavy atom. The summed E-state index contributed by atoms with van der Waals surface area (Å²) < 4.78 is 0. The van der Waals surface area contributed by atoms with E-state index in [0.717, 1.165) is 6.42 Å². The van der Waals surface area contributed by atoms with Gasteiger partial charge in [-0.1, -0.05) is 30.3 Å². The van der Waals surface area contributed by atoms with Gasteiger partial charge in [-0.2, -0.15) is 0 Å². The molecule has 84 valence electrons. The van der Waals surface area contributed by atoms with Gasteiger partial charge in [0.05, 0.1) is 0 Å². The number of hydrogen-bond donors (Lipinski definition) is 0. The Bertz CT molecular complexity index is 279. The zero-order valence-corrected chi connectivity index (χ0v) is 10.6. The summed E-state index contributed by atoms with van der Waals surface area (Å²) in [5, 5.41) is 0. The number of rotatable bonds is 3. The predicted octanol–water partition coefficient (Wildman–Crippen LogP) is 3.33. The van der Waals surface area contributed by atoms with Crippen molar-refractivity contribution >= 4 is 11.6 Å². The molecule has 0 fully saturated rings. The van der Waals surface area contributed by atoms with Crippen molar-refractivity contribution in [3.05, 3.63) is 48.0 Å². The molecule has 2 heteroatoms. The van der Waals surface area contributed by atoms with Gasteiger partial charge in [-0.25, -0.2) is 0 Å². The number of benzene rings is 1. The highest BCUT2D eigenvalue weighted by molar-refractivity contribution is 6.17. The largest absolute Gasteiger partial charge is 0.312 e. The number of hydrogen-bond acceptors (Lipinski definition) is 1. The number of alkyl halides is 1. The normalized spacial score (nSPS) is 9.40. The molecule has 0 radical (unpaired) electrons. The molecule has 0 amide bonds. The number of halogens is 1. The molecule has 0 bridgehead atoms. The van der Waals surface area contributed by atoms with E-state index < -0.39 is 0 Å². The van der Waals surface area contributed by atoms with Crippen molar-refractivity contribution in [2.24, 2.45) is 0 Å². The first-order valence-electron chi connectivity index (χ1n) is 4.96. The summed E-state index contributed by atoms with van der Waals surface area (Å²) >= 11 is 5.73. The SMILES string of the molecule is C=CCc1ccccc1CCl.CN(C)C. The molecule has 0 saturated carbocycles. The summed E-state index contributed by atoms with van der Waals surface area (Å²) in [6.07, 6.45) is 2.80. The monoisotopic (exact) mass is 225 g/mol. The topological polar surface area (TPSA) is 3.24 Å². The minimum absolute atomic E-state index is 0.587. The summed E-state index contributed by atoms with van der Waals surface area (Å²) in [4.78, 5) is 2.00. The molecular formula is C13H20ClN. The standard InChI is InChI=1S/C10H11Cl.C3H9N/c1-2-5-9-6-3-4-7-10(9)8-11;1-4(2)3/h2-4,6-7H,1,5,8H2;1-3H3. The smallest absolute Gasteiger partial charge is 0.0476 e. The third-order valence-corrected chi connectivity index (χ3v) is 1.91. The molecule has 0 N–H and O–H groups in total. The van der Waals surface area contributed by atoms with Gasteiger partial charge in [0.2, 0.25) is 0 Å². The molecule has 0 aliphatic carbocycles. The Hall–Kier alpha value is -0.790. The van der Waals surface area contributed by atoms with Gasteiger partial charge in [-0.15, -0.1) is 18.2 Å². The third-order valence-electron chi connectivity index (χ3n) is 1.63. The van der Waals surface area contributed by atoms with E-state index in [9.17, 15) is 0 Å². The van der Waals surface area contributed by atoms with Gasteiger partial charge in [0.15, 0.2) is 0 Å². The summed E-state index contributed by atoms with van der Waals surface area (Å²) in [5.74, 6) is 0.587. The predicted molar refractivity (Wildman–Crippen MR) is 69.5 cm³/mol. The van der Waals surface area contributed by atoms with Crippen LogP contribution in [0, 0.1) is 0 Å². The highest BCUT2D eigenvalue weighted by atomic mass is 35.5. The first-order chi connectivity index (χ1) is 7.11. The van der Waals surface area contributed by atoms with Crippen molar-refractivity contribution in [3.63, 3.8) is 0 Å². The average Bonchev–Trinajstić information content (AvgIpc) is 2.18.